The third-order valence-electron chi connectivity index (χ3n) is 1.61. The number of halogens is 2. The average molecular weight is 301 g/mol. The summed E-state index contributed by atoms with van der Waals surface area (Å²) in [5.41, 5.74) is 0.996. The Labute approximate surface area is 92.8 Å². The van der Waals surface area contributed by atoms with Crippen LogP contribution < -0.4 is 0 Å². The summed E-state index contributed by atoms with van der Waals surface area (Å²) >= 11 is 6.87. The molecule has 2 aromatic rings. The quantitative estimate of drug-likeness (QED) is 0.791. The highest BCUT2D eigenvalue weighted by atomic mass is 79.9. The zero-order valence-corrected chi connectivity index (χ0v) is 9.71. The van der Waals surface area contributed by atoms with Crippen molar-refractivity contribution in [1.29, 1.82) is 0 Å². The molecule has 2 rings (SSSR count). The molecule has 0 saturated carbocycles. The SMILES string of the molecule is Brc1ccc(Br)c(-n2c[c]cn2)c1. The standard InChI is InChI=1S/C9H5Br2N2/c10-7-2-3-8(11)9(6-7)13-5-1-4-12-13/h2-6H. The van der Waals surface area contributed by atoms with Crippen molar-refractivity contribution in [2.45, 2.75) is 0 Å². The number of nitrogens with zero attached hydrogens (tertiary/aromatic N) is 2. The van der Waals surface area contributed by atoms with E-state index in [4.69, 9.17) is 0 Å². The van der Waals surface area contributed by atoms with Crippen molar-refractivity contribution in [2.75, 3.05) is 0 Å². The van der Waals surface area contributed by atoms with E-state index in [1.54, 1.807) is 17.1 Å². The van der Waals surface area contributed by atoms with Crippen LogP contribution in [-0.2, 0) is 0 Å². The molecule has 4 heteroatoms. The van der Waals surface area contributed by atoms with Gasteiger partial charge in [-0.05, 0) is 34.1 Å². The largest absolute Gasteiger partial charge is 0.239 e. The highest BCUT2D eigenvalue weighted by molar-refractivity contribution is 9.11. The molecule has 1 radical (unpaired) electrons. The van der Waals surface area contributed by atoms with Gasteiger partial charge in [-0.2, -0.15) is 5.10 Å². The molecule has 0 N–H and O–H groups in total. The molecule has 2 nitrogen and oxygen atoms in total. The second-order valence-corrected chi connectivity index (χ2v) is 4.25. The van der Waals surface area contributed by atoms with Crippen LogP contribution in [0.2, 0.25) is 0 Å². The van der Waals surface area contributed by atoms with Gasteiger partial charge >= 0.3 is 0 Å². The van der Waals surface area contributed by atoms with Gasteiger partial charge in [-0.3, -0.25) is 0 Å². The molecule has 0 saturated heterocycles. The lowest BCUT2D eigenvalue weighted by Gasteiger charge is -2.04. The van der Waals surface area contributed by atoms with Crippen molar-refractivity contribution in [3.63, 3.8) is 0 Å². The smallest absolute Gasteiger partial charge is 0.0799 e. The van der Waals surface area contributed by atoms with Gasteiger partial charge in [0, 0.05) is 21.2 Å². The Morgan fingerprint density at radius 1 is 1.31 bits per heavy atom. The van der Waals surface area contributed by atoms with Gasteiger partial charge in [0.15, 0.2) is 0 Å². The van der Waals surface area contributed by atoms with E-state index in [9.17, 15) is 0 Å². The maximum Gasteiger partial charge on any atom is 0.0799 e. The Kier molecular flexibility index (Phi) is 2.51. The van der Waals surface area contributed by atoms with Gasteiger partial charge in [0.25, 0.3) is 0 Å². The van der Waals surface area contributed by atoms with Gasteiger partial charge in [0.2, 0.25) is 0 Å². The molecule has 0 bridgehead atoms. The molecule has 1 aromatic carbocycles. The van der Waals surface area contributed by atoms with Crippen LogP contribution in [0, 0.1) is 6.07 Å². The maximum atomic E-state index is 4.10. The summed E-state index contributed by atoms with van der Waals surface area (Å²) in [6.07, 6.45) is 3.42. The minimum atomic E-state index is 0.996. The Morgan fingerprint density at radius 3 is 2.85 bits per heavy atom. The van der Waals surface area contributed by atoms with E-state index in [-0.39, 0.29) is 0 Å². The zero-order valence-electron chi connectivity index (χ0n) is 6.54. The molecule has 0 aliphatic heterocycles. The Balaban J connectivity index is 2.57. The maximum absolute atomic E-state index is 4.10. The summed E-state index contributed by atoms with van der Waals surface area (Å²) in [6.45, 7) is 0. The molecule has 1 heterocycles. The third-order valence-corrected chi connectivity index (χ3v) is 2.77. The summed E-state index contributed by atoms with van der Waals surface area (Å²) < 4.78 is 3.79. The number of benzene rings is 1. The van der Waals surface area contributed by atoms with Gasteiger partial charge in [0.05, 0.1) is 11.9 Å². The van der Waals surface area contributed by atoms with Gasteiger partial charge in [0.1, 0.15) is 0 Å². The van der Waals surface area contributed by atoms with Crippen molar-refractivity contribution in [2.24, 2.45) is 0 Å². The summed E-state index contributed by atoms with van der Waals surface area (Å²) in [5.74, 6) is 0. The lowest BCUT2D eigenvalue weighted by molar-refractivity contribution is 0.875. The average Bonchev–Trinajstić information content (AvgIpc) is 2.61. The highest BCUT2D eigenvalue weighted by Gasteiger charge is 2.02. The number of hydrogen-bond donors (Lipinski definition) is 0. The monoisotopic (exact) mass is 299 g/mol. The number of hydrogen-bond acceptors (Lipinski definition) is 1. The summed E-state index contributed by atoms with van der Waals surface area (Å²) in [7, 11) is 0. The Morgan fingerprint density at radius 2 is 2.15 bits per heavy atom. The molecule has 0 spiro atoms. The fourth-order valence-electron chi connectivity index (χ4n) is 1.03. The minimum Gasteiger partial charge on any atom is -0.239 e. The van der Waals surface area contributed by atoms with Gasteiger partial charge in [-0.15, -0.1) is 0 Å². The molecule has 0 unspecified atom stereocenters. The topological polar surface area (TPSA) is 17.8 Å². The van der Waals surface area contributed by atoms with Gasteiger partial charge in [-0.25, -0.2) is 4.68 Å². The molecule has 0 atom stereocenters. The molecule has 65 valence electrons. The number of rotatable bonds is 1. The Hall–Kier alpha value is -0.610. The molecule has 0 amide bonds. The summed E-state index contributed by atoms with van der Waals surface area (Å²) in [5, 5.41) is 4.10. The predicted octanol–water partition coefficient (Wildman–Crippen LogP) is 3.20. The van der Waals surface area contributed by atoms with E-state index >= 15 is 0 Å². The molecule has 0 aliphatic carbocycles. The number of aromatic nitrogens is 2. The van der Waals surface area contributed by atoms with Gasteiger partial charge in [-0.1, -0.05) is 15.9 Å². The van der Waals surface area contributed by atoms with Crippen LogP contribution in [0.15, 0.2) is 39.5 Å². The van der Waals surface area contributed by atoms with Crippen molar-refractivity contribution in [1.82, 2.24) is 9.78 Å². The summed E-state index contributed by atoms with van der Waals surface area (Å²) in [6, 6.07) is 8.83. The van der Waals surface area contributed by atoms with Crippen LogP contribution in [-0.4, -0.2) is 9.78 Å². The fraction of sp³-hybridized carbons (Fsp3) is 0. The minimum absolute atomic E-state index is 0.996. The van der Waals surface area contributed by atoms with Crippen molar-refractivity contribution in [3.8, 4) is 5.69 Å². The second kappa shape index (κ2) is 3.64. The van der Waals surface area contributed by atoms with Crippen LogP contribution in [0.5, 0.6) is 0 Å². The lowest BCUT2D eigenvalue weighted by Crippen LogP contribution is -1.94. The van der Waals surface area contributed by atoms with Crippen LogP contribution in [0.1, 0.15) is 0 Å². The van der Waals surface area contributed by atoms with Crippen LogP contribution in [0.4, 0.5) is 0 Å². The second-order valence-electron chi connectivity index (χ2n) is 2.48. The molecule has 0 fully saturated rings. The zero-order chi connectivity index (χ0) is 9.26. The van der Waals surface area contributed by atoms with E-state index in [1.165, 1.54) is 0 Å². The highest BCUT2D eigenvalue weighted by Crippen LogP contribution is 2.24. The third kappa shape index (κ3) is 1.84. The first-order valence-electron chi connectivity index (χ1n) is 3.63. The molecular formula is C9H5Br2N2. The van der Waals surface area contributed by atoms with Crippen molar-refractivity contribution >= 4 is 31.9 Å². The molecule has 1 aromatic heterocycles. The van der Waals surface area contributed by atoms with Gasteiger partial charge < -0.3 is 0 Å². The van der Waals surface area contributed by atoms with Crippen LogP contribution >= 0.6 is 31.9 Å². The van der Waals surface area contributed by atoms with E-state index in [0.29, 0.717) is 0 Å². The fourth-order valence-corrected chi connectivity index (χ4v) is 1.80. The first-order valence-corrected chi connectivity index (χ1v) is 5.22. The molecular weight excluding hydrogens is 296 g/mol. The first-order chi connectivity index (χ1) is 6.27. The van der Waals surface area contributed by atoms with E-state index in [0.717, 1.165) is 14.6 Å². The molecule has 13 heavy (non-hydrogen) atoms. The Bertz CT molecular complexity index is 410. The van der Waals surface area contributed by atoms with E-state index in [2.05, 4.69) is 43.0 Å². The van der Waals surface area contributed by atoms with Crippen molar-refractivity contribution in [3.05, 3.63) is 45.6 Å². The van der Waals surface area contributed by atoms with E-state index < -0.39 is 0 Å². The van der Waals surface area contributed by atoms with Crippen molar-refractivity contribution < 1.29 is 0 Å². The normalized spacial score (nSPS) is 10.3. The predicted molar refractivity (Wildman–Crippen MR) is 57.8 cm³/mol. The first kappa shape index (κ1) is 8.97. The lowest BCUT2D eigenvalue weighted by atomic mass is 10.3. The van der Waals surface area contributed by atoms with Crippen LogP contribution in [0.25, 0.3) is 5.69 Å². The summed E-state index contributed by atoms with van der Waals surface area (Å²) in [4.78, 5) is 0. The van der Waals surface area contributed by atoms with Crippen LogP contribution in [0.3, 0.4) is 0 Å². The van der Waals surface area contributed by atoms with E-state index in [1.807, 2.05) is 18.2 Å². The molecule has 0 aliphatic rings.